The molecular weight excluding hydrogens is 362 g/mol. The lowest BCUT2D eigenvalue weighted by Crippen LogP contribution is -2.35. The highest BCUT2D eigenvalue weighted by atomic mass is 32.2. The van der Waals surface area contributed by atoms with Crippen LogP contribution in [0.15, 0.2) is 47.4 Å². The van der Waals surface area contributed by atoms with E-state index in [2.05, 4.69) is 5.32 Å². The highest BCUT2D eigenvalue weighted by Gasteiger charge is 2.23. The number of carbonyl (C=O) groups is 1. The molecule has 142 valence electrons. The predicted molar refractivity (Wildman–Crippen MR) is 105 cm³/mol. The third-order valence-electron chi connectivity index (χ3n) is 4.25. The fourth-order valence-electron chi connectivity index (χ4n) is 2.69. The van der Waals surface area contributed by atoms with E-state index in [1.54, 1.807) is 0 Å². The summed E-state index contributed by atoms with van der Waals surface area (Å²) in [5.41, 5.74) is 3.02. The molecule has 6 nitrogen and oxygen atoms in total. The van der Waals surface area contributed by atoms with Crippen LogP contribution in [0.25, 0.3) is 0 Å². The molecule has 2 rings (SSSR count). The lowest BCUT2D eigenvalue weighted by atomic mass is 9.98. The minimum atomic E-state index is -3.82. The first-order chi connectivity index (χ1) is 12.7. The Balaban J connectivity index is 2.17. The molecule has 2 aromatic carbocycles. The van der Waals surface area contributed by atoms with Crippen LogP contribution < -0.4 is 5.32 Å². The van der Waals surface area contributed by atoms with Crippen LogP contribution in [-0.2, 0) is 14.8 Å². The lowest BCUT2D eigenvalue weighted by Gasteiger charge is -2.19. The number of sulfonamides is 1. The summed E-state index contributed by atoms with van der Waals surface area (Å²) >= 11 is 0. The van der Waals surface area contributed by atoms with E-state index in [-0.39, 0.29) is 17.4 Å². The number of nitrogens with zero attached hydrogens (tertiary/aromatic N) is 2. The van der Waals surface area contributed by atoms with Crippen LogP contribution in [-0.4, -0.2) is 32.2 Å². The summed E-state index contributed by atoms with van der Waals surface area (Å²) in [7, 11) is -2.47. The van der Waals surface area contributed by atoms with E-state index in [1.807, 2.05) is 45.0 Å². The number of carbonyl (C=O) groups excluding carboxylic acids is 1. The number of likely N-dealkylation sites (N-methyl/N-ethyl adjacent to an activating group) is 1. The Labute approximate surface area is 160 Å². The molecule has 0 spiro atoms. The first-order valence-corrected chi connectivity index (χ1v) is 9.96. The monoisotopic (exact) mass is 385 g/mol. The van der Waals surface area contributed by atoms with E-state index >= 15 is 0 Å². The van der Waals surface area contributed by atoms with Gasteiger partial charge in [0, 0.05) is 12.7 Å². The third-order valence-corrected chi connectivity index (χ3v) is 6.07. The second kappa shape index (κ2) is 8.33. The van der Waals surface area contributed by atoms with E-state index in [0.29, 0.717) is 5.56 Å². The molecule has 0 saturated carbocycles. The van der Waals surface area contributed by atoms with Crippen LogP contribution >= 0.6 is 0 Å². The summed E-state index contributed by atoms with van der Waals surface area (Å²) in [6, 6.07) is 13.3. The molecule has 0 aliphatic heterocycles. The zero-order valence-corrected chi connectivity index (χ0v) is 16.7. The van der Waals surface area contributed by atoms with Crippen LogP contribution in [0.3, 0.4) is 0 Å². The van der Waals surface area contributed by atoms with Crippen molar-refractivity contribution in [3.8, 4) is 6.07 Å². The summed E-state index contributed by atoms with van der Waals surface area (Å²) in [6.45, 7) is 5.66. The van der Waals surface area contributed by atoms with Gasteiger partial charge in [0.05, 0.1) is 23.1 Å². The quantitative estimate of drug-likeness (QED) is 0.826. The summed E-state index contributed by atoms with van der Waals surface area (Å²) in [5, 5.41) is 11.7. The highest BCUT2D eigenvalue weighted by molar-refractivity contribution is 7.89. The number of hydrogen-bond acceptors (Lipinski definition) is 4. The molecule has 0 atom stereocenters. The normalized spacial score (nSPS) is 11.4. The van der Waals surface area contributed by atoms with Gasteiger partial charge in [0.25, 0.3) is 0 Å². The number of amides is 1. The summed E-state index contributed by atoms with van der Waals surface area (Å²) in [5.74, 6) is -0.189. The van der Waals surface area contributed by atoms with Crippen molar-refractivity contribution in [3.05, 3.63) is 59.2 Å². The van der Waals surface area contributed by atoms with Gasteiger partial charge in [0.2, 0.25) is 15.9 Å². The van der Waals surface area contributed by atoms with Crippen LogP contribution in [0.4, 0.5) is 5.69 Å². The number of anilines is 1. The SMILES string of the molecule is Cc1cccc(C(C)C)c1NC(=O)CN(C)S(=O)(=O)c1ccc(C#N)cc1. The van der Waals surface area contributed by atoms with Crippen molar-refractivity contribution < 1.29 is 13.2 Å². The van der Waals surface area contributed by atoms with Crippen molar-refractivity contribution in [1.29, 1.82) is 5.26 Å². The molecular formula is C20H23N3O3S. The van der Waals surface area contributed by atoms with Gasteiger partial charge in [-0.25, -0.2) is 8.42 Å². The lowest BCUT2D eigenvalue weighted by molar-refractivity contribution is -0.116. The fraction of sp³-hybridized carbons (Fsp3) is 0.300. The fourth-order valence-corrected chi connectivity index (χ4v) is 3.82. The van der Waals surface area contributed by atoms with Gasteiger partial charge < -0.3 is 5.32 Å². The van der Waals surface area contributed by atoms with Crippen molar-refractivity contribution in [2.45, 2.75) is 31.6 Å². The molecule has 0 saturated heterocycles. The number of nitriles is 1. The van der Waals surface area contributed by atoms with Gasteiger partial charge >= 0.3 is 0 Å². The number of para-hydroxylation sites is 1. The molecule has 7 heteroatoms. The van der Waals surface area contributed by atoms with Crippen molar-refractivity contribution in [2.75, 3.05) is 18.9 Å². The zero-order chi connectivity index (χ0) is 20.2. The van der Waals surface area contributed by atoms with Gasteiger partial charge in [-0.15, -0.1) is 0 Å². The van der Waals surface area contributed by atoms with Crippen molar-refractivity contribution >= 4 is 21.6 Å². The standard InChI is InChI=1S/C20H23N3O3S/c1-14(2)18-7-5-6-15(3)20(18)22-19(24)13-23(4)27(25,26)17-10-8-16(12-21)9-11-17/h5-11,14H,13H2,1-4H3,(H,22,24). The first-order valence-electron chi connectivity index (χ1n) is 8.52. The molecule has 27 heavy (non-hydrogen) atoms. The van der Waals surface area contributed by atoms with Gasteiger partial charge in [-0.2, -0.15) is 9.57 Å². The van der Waals surface area contributed by atoms with Gasteiger partial charge in [-0.3, -0.25) is 4.79 Å². The van der Waals surface area contributed by atoms with E-state index in [0.717, 1.165) is 21.1 Å². The van der Waals surface area contributed by atoms with Gasteiger partial charge in [-0.05, 0) is 48.2 Å². The molecule has 0 unspecified atom stereocenters. The minimum absolute atomic E-state index is 0.0376. The molecule has 1 amide bonds. The Bertz CT molecular complexity index is 975. The van der Waals surface area contributed by atoms with Crippen molar-refractivity contribution in [1.82, 2.24) is 4.31 Å². The molecule has 1 N–H and O–H groups in total. The van der Waals surface area contributed by atoms with E-state index in [9.17, 15) is 13.2 Å². The van der Waals surface area contributed by atoms with Crippen LogP contribution in [0.1, 0.15) is 36.5 Å². The molecule has 0 bridgehead atoms. The second-order valence-corrected chi connectivity index (χ2v) is 8.68. The van der Waals surface area contributed by atoms with E-state index in [1.165, 1.54) is 31.3 Å². The Morgan fingerprint density at radius 2 is 1.81 bits per heavy atom. The van der Waals surface area contributed by atoms with Crippen LogP contribution in [0.2, 0.25) is 0 Å². The van der Waals surface area contributed by atoms with Crippen molar-refractivity contribution in [2.24, 2.45) is 0 Å². The first kappa shape index (κ1) is 20.6. The number of rotatable bonds is 6. The Kier molecular flexibility index (Phi) is 6.37. The van der Waals surface area contributed by atoms with Gasteiger partial charge in [0.1, 0.15) is 0 Å². The predicted octanol–water partition coefficient (Wildman–Crippen LogP) is 3.25. The van der Waals surface area contributed by atoms with Crippen molar-refractivity contribution in [3.63, 3.8) is 0 Å². The second-order valence-electron chi connectivity index (χ2n) is 6.64. The third kappa shape index (κ3) is 4.73. The average Bonchev–Trinajstić information content (AvgIpc) is 2.63. The molecule has 0 aliphatic carbocycles. The highest BCUT2D eigenvalue weighted by Crippen LogP contribution is 2.27. The maximum atomic E-state index is 12.6. The Morgan fingerprint density at radius 1 is 1.19 bits per heavy atom. The summed E-state index contributed by atoms with van der Waals surface area (Å²) < 4.78 is 26.2. The van der Waals surface area contributed by atoms with E-state index < -0.39 is 15.9 Å². The van der Waals surface area contributed by atoms with Gasteiger partial charge in [0.15, 0.2) is 0 Å². The topological polar surface area (TPSA) is 90.3 Å². The number of aryl methyl sites for hydroxylation is 1. The molecule has 0 aromatic heterocycles. The Morgan fingerprint density at radius 3 is 2.37 bits per heavy atom. The Hall–Kier alpha value is -2.69. The molecule has 0 radical (unpaired) electrons. The smallest absolute Gasteiger partial charge is 0.243 e. The average molecular weight is 385 g/mol. The number of benzene rings is 2. The van der Waals surface area contributed by atoms with Crippen LogP contribution in [0.5, 0.6) is 0 Å². The molecule has 2 aromatic rings. The largest absolute Gasteiger partial charge is 0.324 e. The summed E-state index contributed by atoms with van der Waals surface area (Å²) in [4.78, 5) is 12.5. The van der Waals surface area contributed by atoms with Gasteiger partial charge in [-0.1, -0.05) is 32.0 Å². The summed E-state index contributed by atoms with van der Waals surface area (Å²) in [6.07, 6.45) is 0. The molecule has 0 heterocycles. The number of nitrogens with one attached hydrogen (secondary N) is 1. The molecule has 0 fully saturated rings. The van der Waals surface area contributed by atoms with E-state index in [4.69, 9.17) is 5.26 Å². The molecule has 0 aliphatic rings. The minimum Gasteiger partial charge on any atom is -0.324 e. The van der Waals surface area contributed by atoms with Crippen LogP contribution in [0, 0.1) is 18.3 Å². The zero-order valence-electron chi connectivity index (χ0n) is 15.9. The number of hydrogen-bond donors (Lipinski definition) is 1. The maximum Gasteiger partial charge on any atom is 0.243 e. The maximum absolute atomic E-state index is 12.6.